The second-order valence-electron chi connectivity index (χ2n) is 7.86. The highest BCUT2D eigenvalue weighted by atomic mass is 16.7. The molecule has 0 radical (unpaired) electrons. The molecular formula is C22H22O7. The summed E-state index contributed by atoms with van der Waals surface area (Å²) >= 11 is 0. The van der Waals surface area contributed by atoms with E-state index >= 15 is 0 Å². The normalized spacial score (nSPS) is 25.1. The van der Waals surface area contributed by atoms with Gasteiger partial charge in [0.2, 0.25) is 25.1 Å². The summed E-state index contributed by atoms with van der Waals surface area (Å²) in [4.78, 5) is 0. The molecule has 6 rings (SSSR count). The summed E-state index contributed by atoms with van der Waals surface area (Å²) in [5, 5.41) is 0. The van der Waals surface area contributed by atoms with E-state index in [4.69, 9.17) is 33.2 Å². The lowest BCUT2D eigenvalue weighted by Gasteiger charge is -2.29. The SMILES string of the molecule is COc1c2c(cc3c1-c1c(cc4c(c1OC)OCO4)[C@@H]1OC[C@H](C3)[C@H]1C)OCO2. The molecule has 0 amide bonds. The van der Waals surface area contributed by atoms with E-state index in [2.05, 4.69) is 13.0 Å². The van der Waals surface area contributed by atoms with Crippen LogP contribution in [-0.2, 0) is 11.2 Å². The Kier molecular flexibility index (Phi) is 3.59. The molecule has 2 aromatic rings. The zero-order chi connectivity index (χ0) is 19.7. The van der Waals surface area contributed by atoms with Crippen molar-refractivity contribution in [2.75, 3.05) is 34.4 Å². The fraction of sp³-hybridized carbons (Fsp3) is 0.455. The highest BCUT2D eigenvalue weighted by molar-refractivity contribution is 5.89. The zero-order valence-corrected chi connectivity index (χ0v) is 16.6. The van der Waals surface area contributed by atoms with E-state index in [0.717, 1.165) is 28.7 Å². The maximum absolute atomic E-state index is 6.29. The molecule has 0 aromatic heterocycles. The van der Waals surface area contributed by atoms with Crippen LogP contribution in [0.5, 0.6) is 34.5 Å². The van der Waals surface area contributed by atoms with Crippen molar-refractivity contribution in [2.45, 2.75) is 19.4 Å². The largest absolute Gasteiger partial charge is 0.492 e. The van der Waals surface area contributed by atoms with E-state index in [0.29, 0.717) is 52.9 Å². The Morgan fingerprint density at radius 1 is 0.862 bits per heavy atom. The van der Waals surface area contributed by atoms with Crippen molar-refractivity contribution in [3.63, 3.8) is 0 Å². The second kappa shape index (κ2) is 6.10. The van der Waals surface area contributed by atoms with Crippen molar-refractivity contribution >= 4 is 0 Å². The van der Waals surface area contributed by atoms with E-state index in [-0.39, 0.29) is 19.7 Å². The number of hydrogen-bond acceptors (Lipinski definition) is 7. The molecule has 2 aromatic carbocycles. The molecule has 4 aliphatic rings. The Morgan fingerprint density at radius 3 is 2.21 bits per heavy atom. The van der Waals surface area contributed by atoms with Gasteiger partial charge in [-0.25, -0.2) is 0 Å². The first-order valence-electron chi connectivity index (χ1n) is 9.83. The minimum absolute atomic E-state index is 0.0540. The molecule has 3 heterocycles. The molecule has 3 atom stereocenters. The minimum Gasteiger partial charge on any atom is -0.492 e. The van der Waals surface area contributed by atoms with Crippen LogP contribution in [0.15, 0.2) is 12.1 Å². The van der Waals surface area contributed by atoms with Crippen molar-refractivity contribution in [2.24, 2.45) is 11.8 Å². The summed E-state index contributed by atoms with van der Waals surface area (Å²) in [6.07, 6.45) is 0.804. The van der Waals surface area contributed by atoms with Crippen LogP contribution in [0.1, 0.15) is 24.2 Å². The fourth-order valence-electron chi connectivity index (χ4n) is 5.08. The molecule has 1 aliphatic carbocycles. The van der Waals surface area contributed by atoms with Crippen LogP contribution in [0.2, 0.25) is 0 Å². The van der Waals surface area contributed by atoms with Gasteiger partial charge >= 0.3 is 0 Å². The third kappa shape index (κ3) is 2.22. The van der Waals surface area contributed by atoms with Crippen molar-refractivity contribution in [1.82, 2.24) is 0 Å². The summed E-state index contributed by atoms with van der Waals surface area (Å²) in [5.74, 6) is 4.67. The molecule has 0 spiro atoms. The Balaban J connectivity index is 1.74. The van der Waals surface area contributed by atoms with Crippen molar-refractivity contribution in [3.8, 4) is 45.6 Å². The maximum atomic E-state index is 6.29. The number of fused-ring (bicyclic) bond motifs is 8. The van der Waals surface area contributed by atoms with Crippen LogP contribution in [0, 0.1) is 11.8 Å². The summed E-state index contributed by atoms with van der Waals surface area (Å²) in [7, 11) is 3.31. The van der Waals surface area contributed by atoms with E-state index in [1.54, 1.807) is 14.2 Å². The van der Waals surface area contributed by atoms with Crippen molar-refractivity contribution in [3.05, 3.63) is 23.3 Å². The van der Waals surface area contributed by atoms with Gasteiger partial charge in [0.15, 0.2) is 23.0 Å². The highest BCUT2D eigenvalue weighted by Crippen LogP contribution is 2.60. The lowest BCUT2D eigenvalue weighted by atomic mass is 9.77. The number of rotatable bonds is 2. The van der Waals surface area contributed by atoms with Gasteiger partial charge in [-0.15, -0.1) is 0 Å². The quantitative estimate of drug-likeness (QED) is 0.764. The topological polar surface area (TPSA) is 64.6 Å². The Hall–Kier alpha value is -2.80. The number of ether oxygens (including phenoxy) is 7. The first-order chi connectivity index (χ1) is 14.2. The van der Waals surface area contributed by atoms with Crippen LogP contribution in [-0.4, -0.2) is 34.4 Å². The minimum atomic E-state index is -0.0540. The van der Waals surface area contributed by atoms with Gasteiger partial charge in [0.1, 0.15) is 0 Å². The van der Waals surface area contributed by atoms with Crippen LogP contribution in [0.4, 0.5) is 0 Å². The monoisotopic (exact) mass is 398 g/mol. The van der Waals surface area contributed by atoms with Gasteiger partial charge in [-0.3, -0.25) is 0 Å². The van der Waals surface area contributed by atoms with Gasteiger partial charge in [0, 0.05) is 11.1 Å². The molecule has 3 aliphatic heterocycles. The van der Waals surface area contributed by atoms with E-state index < -0.39 is 0 Å². The number of benzene rings is 2. The molecular weight excluding hydrogens is 376 g/mol. The molecule has 152 valence electrons. The molecule has 2 bridgehead atoms. The van der Waals surface area contributed by atoms with Gasteiger partial charge in [0.25, 0.3) is 0 Å². The number of hydrogen-bond donors (Lipinski definition) is 0. The van der Waals surface area contributed by atoms with Gasteiger partial charge in [-0.1, -0.05) is 6.92 Å². The van der Waals surface area contributed by atoms with Crippen LogP contribution in [0.25, 0.3) is 11.1 Å². The van der Waals surface area contributed by atoms with Crippen LogP contribution >= 0.6 is 0 Å². The third-order valence-electron chi connectivity index (χ3n) is 6.51. The van der Waals surface area contributed by atoms with Crippen molar-refractivity contribution in [1.29, 1.82) is 0 Å². The summed E-state index contributed by atoms with van der Waals surface area (Å²) < 4.78 is 41.0. The lowest BCUT2D eigenvalue weighted by molar-refractivity contribution is 0.0937. The highest BCUT2D eigenvalue weighted by Gasteiger charge is 2.43. The Bertz CT molecular complexity index is 1020. The van der Waals surface area contributed by atoms with Gasteiger partial charge < -0.3 is 33.2 Å². The summed E-state index contributed by atoms with van der Waals surface area (Å²) in [5.41, 5.74) is 4.03. The molecule has 0 saturated carbocycles. The Labute approximate surface area is 168 Å². The number of methoxy groups -OCH3 is 2. The first-order valence-corrected chi connectivity index (χ1v) is 9.83. The molecule has 0 unspecified atom stereocenters. The van der Waals surface area contributed by atoms with Gasteiger partial charge in [-0.2, -0.15) is 0 Å². The smallest absolute Gasteiger partial charge is 0.231 e. The molecule has 1 saturated heterocycles. The van der Waals surface area contributed by atoms with Crippen molar-refractivity contribution < 1.29 is 33.2 Å². The molecule has 1 fully saturated rings. The average molecular weight is 398 g/mol. The second-order valence-corrected chi connectivity index (χ2v) is 7.86. The first kappa shape index (κ1) is 17.1. The third-order valence-corrected chi connectivity index (χ3v) is 6.51. The summed E-state index contributed by atoms with van der Waals surface area (Å²) in [6.45, 7) is 3.31. The predicted octanol–water partition coefficient (Wildman–Crippen LogP) is 3.71. The molecule has 29 heavy (non-hydrogen) atoms. The van der Waals surface area contributed by atoms with Crippen LogP contribution in [0.3, 0.4) is 0 Å². The summed E-state index contributed by atoms with van der Waals surface area (Å²) in [6, 6.07) is 4.10. The standard InChI is InChI=1S/C22H22O7/c1-10-12-4-11-5-14-19(28-8-26-14)21(23-2)16(11)17-13(18(10)25-7-12)6-15-20(22(17)24-3)29-9-27-15/h5-6,10,12,18H,4,7-9H2,1-3H3/t10-,12+,18-/m1/s1. The fourth-order valence-corrected chi connectivity index (χ4v) is 5.08. The molecule has 7 heteroatoms. The van der Waals surface area contributed by atoms with Crippen LogP contribution < -0.4 is 28.4 Å². The molecule has 0 N–H and O–H groups in total. The van der Waals surface area contributed by atoms with Gasteiger partial charge in [-0.05, 0) is 41.5 Å². The zero-order valence-electron chi connectivity index (χ0n) is 16.6. The maximum Gasteiger partial charge on any atom is 0.231 e. The van der Waals surface area contributed by atoms with E-state index in [1.807, 2.05) is 6.07 Å². The average Bonchev–Trinajstić information content (AvgIpc) is 3.46. The van der Waals surface area contributed by atoms with E-state index in [9.17, 15) is 0 Å². The lowest BCUT2D eigenvalue weighted by Crippen LogP contribution is -2.18. The predicted molar refractivity (Wildman–Crippen MR) is 102 cm³/mol. The van der Waals surface area contributed by atoms with Gasteiger partial charge in [0.05, 0.1) is 26.9 Å². The Morgan fingerprint density at radius 2 is 1.52 bits per heavy atom. The van der Waals surface area contributed by atoms with E-state index in [1.165, 1.54) is 0 Å². The molecule has 7 nitrogen and oxygen atoms in total.